The summed E-state index contributed by atoms with van der Waals surface area (Å²) < 4.78 is 4.85. The van der Waals surface area contributed by atoms with Crippen molar-refractivity contribution in [3.05, 3.63) is 0 Å². The number of ether oxygens (including phenoxy) is 1. The summed E-state index contributed by atoms with van der Waals surface area (Å²) in [6, 6.07) is 0. The van der Waals surface area contributed by atoms with Gasteiger partial charge in [0.15, 0.2) is 11.2 Å². The highest BCUT2D eigenvalue weighted by Crippen LogP contribution is 2.16. The summed E-state index contributed by atoms with van der Waals surface area (Å²) in [6.45, 7) is 1.58. The lowest BCUT2D eigenvalue weighted by molar-refractivity contribution is -0.110. The van der Waals surface area contributed by atoms with Crippen LogP contribution in [0.4, 0.5) is 0 Å². The summed E-state index contributed by atoms with van der Waals surface area (Å²) in [5.41, 5.74) is 0. The predicted molar refractivity (Wildman–Crippen MR) is 41.2 cm³/mol. The zero-order valence-electron chi connectivity index (χ0n) is 5.97. The molecule has 1 saturated heterocycles. The SMILES string of the molecule is CC1OC(=S)C(O)C(O)C1O. The van der Waals surface area contributed by atoms with Crippen molar-refractivity contribution in [2.75, 3.05) is 0 Å². The highest BCUT2D eigenvalue weighted by molar-refractivity contribution is 7.80. The second-order valence-corrected chi connectivity index (χ2v) is 2.97. The van der Waals surface area contributed by atoms with Crippen LogP contribution in [0, 0.1) is 0 Å². The van der Waals surface area contributed by atoms with Gasteiger partial charge in [0.1, 0.15) is 18.3 Å². The molecular weight excluding hydrogens is 168 g/mol. The van der Waals surface area contributed by atoms with Crippen LogP contribution in [0.5, 0.6) is 0 Å². The Morgan fingerprint density at radius 1 is 1.27 bits per heavy atom. The molecule has 0 aromatic carbocycles. The lowest BCUT2D eigenvalue weighted by Gasteiger charge is -2.33. The Hall–Kier alpha value is -0.230. The van der Waals surface area contributed by atoms with Gasteiger partial charge >= 0.3 is 0 Å². The summed E-state index contributed by atoms with van der Waals surface area (Å²) in [4.78, 5) is 0. The molecule has 1 aliphatic heterocycles. The van der Waals surface area contributed by atoms with Gasteiger partial charge in [0.05, 0.1) is 0 Å². The highest BCUT2D eigenvalue weighted by Gasteiger charge is 2.38. The van der Waals surface area contributed by atoms with E-state index in [4.69, 9.17) is 20.1 Å². The molecule has 0 aromatic rings. The highest BCUT2D eigenvalue weighted by atomic mass is 32.1. The molecule has 4 atom stereocenters. The minimum absolute atomic E-state index is 0.0599. The van der Waals surface area contributed by atoms with Crippen LogP contribution >= 0.6 is 12.2 Å². The van der Waals surface area contributed by atoms with E-state index in [1.54, 1.807) is 6.92 Å². The number of aliphatic hydroxyl groups excluding tert-OH is 3. The van der Waals surface area contributed by atoms with Gasteiger partial charge in [0.25, 0.3) is 0 Å². The smallest absolute Gasteiger partial charge is 0.191 e. The van der Waals surface area contributed by atoms with Gasteiger partial charge in [-0.2, -0.15) is 0 Å². The Kier molecular flexibility index (Phi) is 2.43. The van der Waals surface area contributed by atoms with E-state index in [9.17, 15) is 0 Å². The Morgan fingerprint density at radius 3 is 2.36 bits per heavy atom. The largest absolute Gasteiger partial charge is 0.479 e. The Labute approximate surface area is 69.4 Å². The van der Waals surface area contributed by atoms with Crippen LogP contribution in [-0.4, -0.2) is 44.8 Å². The molecule has 11 heavy (non-hydrogen) atoms. The van der Waals surface area contributed by atoms with Gasteiger partial charge in [-0.15, -0.1) is 0 Å². The van der Waals surface area contributed by atoms with Crippen LogP contribution in [0.3, 0.4) is 0 Å². The maximum absolute atomic E-state index is 9.14. The number of aliphatic hydroxyl groups is 3. The van der Waals surface area contributed by atoms with Crippen LogP contribution in [0.2, 0.25) is 0 Å². The van der Waals surface area contributed by atoms with Gasteiger partial charge in [0.2, 0.25) is 0 Å². The second kappa shape index (κ2) is 3.02. The maximum Gasteiger partial charge on any atom is 0.191 e. The minimum atomic E-state index is -1.25. The van der Waals surface area contributed by atoms with Gasteiger partial charge in [-0.1, -0.05) is 0 Å². The number of hydrogen-bond acceptors (Lipinski definition) is 5. The van der Waals surface area contributed by atoms with E-state index in [0.717, 1.165) is 0 Å². The van der Waals surface area contributed by atoms with Crippen LogP contribution < -0.4 is 0 Å². The van der Waals surface area contributed by atoms with E-state index in [0.29, 0.717) is 0 Å². The van der Waals surface area contributed by atoms with Crippen molar-refractivity contribution in [2.45, 2.75) is 31.3 Å². The van der Waals surface area contributed by atoms with Gasteiger partial charge in [-0.3, -0.25) is 0 Å². The zero-order valence-corrected chi connectivity index (χ0v) is 6.78. The summed E-state index contributed by atoms with van der Waals surface area (Å²) in [7, 11) is 0. The third-order valence-corrected chi connectivity index (χ3v) is 2.04. The monoisotopic (exact) mass is 178 g/mol. The molecule has 0 saturated carbocycles. The maximum atomic E-state index is 9.14. The van der Waals surface area contributed by atoms with Crippen LogP contribution in [-0.2, 0) is 4.74 Å². The predicted octanol–water partition coefficient (Wildman–Crippen LogP) is -1.18. The lowest BCUT2D eigenvalue weighted by atomic mass is 10.0. The molecule has 0 aliphatic carbocycles. The molecule has 5 heteroatoms. The van der Waals surface area contributed by atoms with Crippen molar-refractivity contribution in [2.24, 2.45) is 0 Å². The minimum Gasteiger partial charge on any atom is -0.479 e. The van der Waals surface area contributed by atoms with Crippen LogP contribution in [0.15, 0.2) is 0 Å². The van der Waals surface area contributed by atoms with Crippen molar-refractivity contribution in [3.8, 4) is 0 Å². The average Bonchev–Trinajstić information content (AvgIpc) is 1.97. The van der Waals surface area contributed by atoms with Crippen LogP contribution in [0.1, 0.15) is 6.92 Å². The van der Waals surface area contributed by atoms with Crippen molar-refractivity contribution >= 4 is 17.3 Å². The van der Waals surface area contributed by atoms with Gasteiger partial charge in [-0.05, 0) is 19.1 Å². The fraction of sp³-hybridized carbons (Fsp3) is 0.833. The first-order chi connectivity index (χ1) is 5.04. The van der Waals surface area contributed by atoms with Gasteiger partial charge < -0.3 is 20.1 Å². The van der Waals surface area contributed by atoms with E-state index in [-0.39, 0.29) is 5.05 Å². The third kappa shape index (κ3) is 1.51. The molecule has 4 nitrogen and oxygen atoms in total. The summed E-state index contributed by atoms with van der Waals surface area (Å²) in [5, 5.41) is 27.3. The summed E-state index contributed by atoms with van der Waals surface area (Å²) >= 11 is 4.59. The fourth-order valence-electron chi connectivity index (χ4n) is 0.927. The van der Waals surface area contributed by atoms with E-state index in [1.807, 2.05) is 0 Å². The molecule has 1 rings (SSSR count). The molecule has 1 aliphatic rings. The molecule has 1 fully saturated rings. The molecule has 1 heterocycles. The lowest BCUT2D eigenvalue weighted by Crippen LogP contribution is -2.53. The van der Waals surface area contributed by atoms with E-state index < -0.39 is 24.4 Å². The fourth-order valence-corrected chi connectivity index (χ4v) is 1.22. The van der Waals surface area contributed by atoms with Crippen molar-refractivity contribution in [1.29, 1.82) is 0 Å². The second-order valence-electron chi connectivity index (χ2n) is 2.57. The standard InChI is InChI=1S/C6H10O4S/c1-2-3(7)4(8)5(9)6(11)10-2/h2-5,7-9H,1H3. The topological polar surface area (TPSA) is 69.9 Å². The van der Waals surface area contributed by atoms with Crippen LogP contribution in [0.25, 0.3) is 0 Å². The molecule has 0 spiro atoms. The molecule has 0 radical (unpaired) electrons. The van der Waals surface area contributed by atoms with Gasteiger partial charge in [-0.25, -0.2) is 0 Å². The van der Waals surface area contributed by atoms with Crippen molar-refractivity contribution < 1.29 is 20.1 Å². The van der Waals surface area contributed by atoms with Crippen molar-refractivity contribution in [1.82, 2.24) is 0 Å². The first-order valence-corrected chi connectivity index (χ1v) is 3.69. The van der Waals surface area contributed by atoms with Gasteiger partial charge in [0, 0.05) is 0 Å². The number of thiocarbonyl (C=S) groups is 1. The first kappa shape index (κ1) is 8.86. The zero-order chi connectivity index (χ0) is 8.59. The van der Waals surface area contributed by atoms with E-state index in [2.05, 4.69) is 12.2 Å². The number of hydrogen-bond donors (Lipinski definition) is 3. The Balaban J connectivity index is 2.70. The number of rotatable bonds is 0. The quantitative estimate of drug-likeness (QED) is 0.407. The third-order valence-electron chi connectivity index (χ3n) is 1.70. The molecule has 0 aromatic heterocycles. The summed E-state index contributed by atoms with van der Waals surface area (Å²) in [6.07, 6.45) is -4.11. The average molecular weight is 178 g/mol. The molecule has 0 amide bonds. The first-order valence-electron chi connectivity index (χ1n) is 3.28. The van der Waals surface area contributed by atoms with E-state index in [1.165, 1.54) is 0 Å². The summed E-state index contributed by atoms with van der Waals surface area (Å²) in [5.74, 6) is 0. The molecule has 64 valence electrons. The van der Waals surface area contributed by atoms with E-state index >= 15 is 0 Å². The normalized spacial score (nSPS) is 45.3. The molecule has 0 bridgehead atoms. The Bertz CT molecular complexity index is 172. The molecule has 4 unspecified atom stereocenters. The van der Waals surface area contributed by atoms with Crippen molar-refractivity contribution in [3.63, 3.8) is 0 Å². The Morgan fingerprint density at radius 2 is 1.82 bits per heavy atom. The molecular formula is C6H10O4S. The molecule has 3 N–H and O–H groups in total.